The van der Waals surface area contributed by atoms with Crippen molar-refractivity contribution in [1.82, 2.24) is 10.3 Å². The van der Waals surface area contributed by atoms with E-state index in [1.807, 2.05) is 12.3 Å². The Bertz CT molecular complexity index is 625. The molecule has 2 rings (SSSR count). The number of aryl methyl sites for hydroxylation is 1. The van der Waals surface area contributed by atoms with Crippen molar-refractivity contribution in [3.8, 4) is 0 Å². The van der Waals surface area contributed by atoms with Crippen molar-refractivity contribution in [3.05, 3.63) is 52.0 Å². The molecule has 0 aliphatic carbocycles. The fourth-order valence-electron chi connectivity index (χ4n) is 1.90. The summed E-state index contributed by atoms with van der Waals surface area (Å²) in [6, 6.07) is 7.60. The lowest BCUT2D eigenvalue weighted by Crippen LogP contribution is -2.34. The summed E-state index contributed by atoms with van der Waals surface area (Å²) in [4.78, 5) is 27.6. The molecular formula is C15H16N2O3S. The molecule has 5 nitrogen and oxygen atoms in total. The van der Waals surface area contributed by atoms with E-state index in [-0.39, 0.29) is 12.3 Å². The summed E-state index contributed by atoms with van der Waals surface area (Å²) in [6.07, 6.45) is 0.918. The number of nitrogens with one attached hydrogen (secondary N) is 1. The fourth-order valence-corrected chi connectivity index (χ4v) is 2.65. The lowest BCUT2D eigenvalue weighted by molar-refractivity contribution is -0.142. The van der Waals surface area contributed by atoms with Gasteiger partial charge < -0.3 is 10.4 Å². The third kappa shape index (κ3) is 4.13. The second kappa shape index (κ2) is 6.99. The zero-order chi connectivity index (χ0) is 15.2. The van der Waals surface area contributed by atoms with Gasteiger partial charge in [-0.1, -0.05) is 37.3 Å². The van der Waals surface area contributed by atoms with Gasteiger partial charge in [-0.3, -0.25) is 4.79 Å². The summed E-state index contributed by atoms with van der Waals surface area (Å²) >= 11 is 1.51. The average molecular weight is 304 g/mol. The van der Waals surface area contributed by atoms with Crippen LogP contribution in [0.2, 0.25) is 0 Å². The van der Waals surface area contributed by atoms with E-state index in [0.29, 0.717) is 11.3 Å². The number of rotatable bonds is 6. The van der Waals surface area contributed by atoms with Gasteiger partial charge in [0.2, 0.25) is 5.91 Å². The van der Waals surface area contributed by atoms with Gasteiger partial charge in [0, 0.05) is 5.38 Å². The number of thiazole rings is 1. The van der Waals surface area contributed by atoms with Gasteiger partial charge in [-0.05, 0) is 12.0 Å². The maximum absolute atomic E-state index is 12.0. The molecular weight excluding hydrogens is 288 g/mol. The summed E-state index contributed by atoms with van der Waals surface area (Å²) in [6.45, 7) is 2.00. The Morgan fingerprint density at radius 2 is 2.05 bits per heavy atom. The maximum Gasteiger partial charge on any atom is 0.330 e. The van der Waals surface area contributed by atoms with Gasteiger partial charge in [0.1, 0.15) is 0 Å². The highest BCUT2D eigenvalue weighted by molar-refractivity contribution is 7.09. The summed E-state index contributed by atoms with van der Waals surface area (Å²) in [7, 11) is 0. The van der Waals surface area contributed by atoms with Gasteiger partial charge in [-0.25, -0.2) is 9.78 Å². The largest absolute Gasteiger partial charge is 0.479 e. The van der Waals surface area contributed by atoms with Crippen molar-refractivity contribution >= 4 is 23.2 Å². The number of carbonyl (C=O) groups excluding carboxylic acids is 1. The second-order valence-corrected chi connectivity index (χ2v) is 5.46. The van der Waals surface area contributed by atoms with E-state index < -0.39 is 12.0 Å². The lowest BCUT2D eigenvalue weighted by atomic mass is 10.1. The summed E-state index contributed by atoms with van der Waals surface area (Å²) in [5.74, 6) is -1.43. The SMILES string of the molecule is CCc1nc(CC(=O)N[C@@H](C(=O)O)c2ccccc2)cs1. The highest BCUT2D eigenvalue weighted by atomic mass is 32.1. The van der Waals surface area contributed by atoms with Gasteiger partial charge in [0.15, 0.2) is 6.04 Å². The zero-order valence-corrected chi connectivity index (χ0v) is 12.4. The number of hydrogen-bond donors (Lipinski definition) is 2. The highest BCUT2D eigenvalue weighted by Crippen LogP contribution is 2.14. The minimum atomic E-state index is -1.08. The van der Waals surface area contributed by atoms with Gasteiger partial charge in [0.25, 0.3) is 0 Å². The number of hydrogen-bond acceptors (Lipinski definition) is 4. The van der Waals surface area contributed by atoms with Crippen LogP contribution in [0.15, 0.2) is 35.7 Å². The standard InChI is InChI=1S/C15H16N2O3S/c1-2-13-16-11(9-21-13)8-12(18)17-14(15(19)20)10-6-4-3-5-7-10/h3-7,9,14H,2,8H2,1H3,(H,17,18)(H,19,20)/t14-/m1/s1. The first-order chi connectivity index (χ1) is 10.1. The van der Waals surface area contributed by atoms with Crippen molar-refractivity contribution in [2.75, 3.05) is 0 Å². The van der Waals surface area contributed by atoms with Crippen LogP contribution >= 0.6 is 11.3 Å². The molecule has 1 aromatic heterocycles. The van der Waals surface area contributed by atoms with E-state index in [4.69, 9.17) is 0 Å². The molecule has 110 valence electrons. The second-order valence-electron chi connectivity index (χ2n) is 4.51. The Balaban J connectivity index is 2.03. The van der Waals surface area contributed by atoms with E-state index in [0.717, 1.165) is 11.4 Å². The molecule has 0 aliphatic rings. The molecule has 1 amide bonds. The third-order valence-corrected chi connectivity index (χ3v) is 3.97. The predicted octanol–water partition coefficient (Wildman–Crippen LogP) is 2.19. The van der Waals surface area contributed by atoms with Crippen molar-refractivity contribution in [3.63, 3.8) is 0 Å². The monoisotopic (exact) mass is 304 g/mol. The smallest absolute Gasteiger partial charge is 0.330 e. The quantitative estimate of drug-likeness (QED) is 0.857. The Labute approximate surface area is 126 Å². The zero-order valence-electron chi connectivity index (χ0n) is 11.6. The number of carboxylic acids is 1. The molecule has 21 heavy (non-hydrogen) atoms. The molecule has 1 heterocycles. The van der Waals surface area contributed by atoms with Crippen LogP contribution in [0.4, 0.5) is 0 Å². The number of aromatic nitrogens is 1. The number of nitrogens with zero attached hydrogens (tertiary/aromatic N) is 1. The van der Waals surface area contributed by atoms with Crippen LogP contribution in [-0.4, -0.2) is 22.0 Å². The van der Waals surface area contributed by atoms with Crippen molar-refractivity contribution < 1.29 is 14.7 Å². The van der Waals surface area contributed by atoms with E-state index >= 15 is 0 Å². The first kappa shape index (κ1) is 15.2. The molecule has 6 heteroatoms. The van der Waals surface area contributed by atoms with Crippen LogP contribution in [0.25, 0.3) is 0 Å². The molecule has 1 atom stereocenters. The molecule has 0 radical (unpaired) electrons. The Hall–Kier alpha value is -2.21. The third-order valence-electron chi connectivity index (χ3n) is 2.93. The molecule has 1 aromatic carbocycles. The first-order valence-corrected chi connectivity index (χ1v) is 7.48. The van der Waals surface area contributed by atoms with E-state index in [9.17, 15) is 14.7 Å². The normalized spacial score (nSPS) is 11.9. The molecule has 0 bridgehead atoms. The number of aliphatic carboxylic acids is 1. The Kier molecular flexibility index (Phi) is 5.05. The predicted molar refractivity (Wildman–Crippen MR) is 80.2 cm³/mol. The fraction of sp³-hybridized carbons (Fsp3) is 0.267. The van der Waals surface area contributed by atoms with E-state index in [1.165, 1.54) is 11.3 Å². The van der Waals surface area contributed by atoms with E-state index in [1.54, 1.807) is 30.3 Å². The van der Waals surface area contributed by atoms with Gasteiger partial charge in [0.05, 0.1) is 17.1 Å². The number of carboxylic acid groups (broad SMARTS) is 1. The maximum atomic E-state index is 12.0. The van der Waals surface area contributed by atoms with Gasteiger partial charge in [-0.15, -0.1) is 11.3 Å². The molecule has 0 saturated heterocycles. The van der Waals surface area contributed by atoms with Crippen LogP contribution in [0.3, 0.4) is 0 Å². The van der Waals surface area contributed by atoms with Crippen LogP contribution in [0.5, 0.6) is 0 Å². The molecule has 0 fully saturated rings. The van der Waals surface area contributed by atoms with Crippen molar-refractivity contribution in [2.45, 2.75) is 25.8 Å². The number of benzene rings is 1. The Morgan fingerprint density at radius 3 is 2.62 bits per heavy atom. The van der Waals surface area contributed by atoms with Gasteiger partial charge in [-0.2, -0.15) is 0 Å². The minimum Gasteiger partial charge on any atom is -0.479 e. The molecule has 0 spiro atoms. The number of carbonyl (C=O) groups is 2. The summed E-state index contributed by atoms with van der Waals surface area (Å²) in [5, 5.41) is 14.6. The van der Waals surface area contributed by atoms with Crippen LogP contribution in [0, 0.1) is 0 Å². The summed E-state index contributed by atoms with van der Waals surface area (Å²) in [5.41, 5.74) is 1.22. The summed E-state index contributed by atoms with van der Waals surface area (Å²) < 4.78 is 0. The molecule has 2 aromatic rings. The molecule has 2 N–H and O–H groups in total. The molecule has 0 aliphatic heterocycles. The highest BCUT2D eigenvalue weighted by Gasteiger charge is 2.22. The minimum absolute atomic E-state index is 0.0904. The van der Waals surface area contributed by atoms with Crippen LogP contribution in [-0.2, 0) is 22.4 Å². The number of amides is 1. The van der Waals surface area contributed by atoms with Crippen LogP contribution < -0.4 is 5.32 Å². The lowest BCUT2D eigenvalue weighted by Gasteiger charge is -2.14. The van der Waals surface area contributed by atoms with E-state index in [2.05, 4.69) is 10.3 Å². The molecule has 0 saturated carbocycles. The first-order valence-electron chi connectivity index (χ1n) is 6.60. The van der Waals surface area contributed by atoms with Crippen molar-refractivity contribution in [1.29, 1.82) is 0 Å². The van der Waals surface area contributed by atoms with Crippen molar-refractivity contribution in [2.24, 2.45) is 0 Å². The Morgan fingerprint density at radius 1 is 1.33 bits per heavy atom. The molecule has 0 unspecified atom stereocenters. The topological polar surface area (TPSA) is 79.3 Å². The average Bonchev–Trinajstić information content (AvgIpc) is 2.93. The van der Waals surface area contributed by atoms with Gasteiger partial charge >= 0.3 is 5.97 Å². The van der Waals surface area contributed by atoms with Crippen LogP contribution in [0.1, 0.15) is 29.2 Å².